The van der Waals surface area contributed by atoms with Gasteiger partial charge in [-0.2, -0.15) is 0 Å². The Balaban J connectivity index is 2.03. The molecule has 0 bridgehead atoms. The molecular weight excluding hydrogens is 793 g/mol. The molecule has 17 heteroatoms. The van der Waals surface area contributed by atoms with E-state index in [0.29, 0.717) is 70.5 Å². The number of ether oxygens (including phenoxy) is 5. The first-order valence-corrected chi connectivity index (χ1v) is 22.4. The number of nitrogens with one attached hydrogen (secondary N) is 4. The molecule has 1 aromatic carbocycles. The Morgan fingerprint density at radius 3 is 2.12 bits per heavy atom. The Kier molecular flexibility index (Phi) is 27.0. The van der Waals surface area contributed by atoms with Crippen LogP contribution in [-0.2, 0) is 39.7 Å². The molecule has 0 aliphatic heterocycles. The van der Waals surface area contributed by atoms with Crippen molar-refractivity contribution in [3.05, 3.63) is 45.9 Å². The van der Waals surface area contributed by atoms with Gasteiger partial charge in [-0.15, -0.1) is 11.3 Å². The zero-order valence-corrected chi connectivity index (χ0v) is 37.7. The summed E-state index contributed by atoms with van der Waals surface area (Å²) in [7, 11) is 1.86. The predicted molar refractivity (Wildman–Crippen MR) is 232 cm³/mol. The Hall–Kier alpha value is -3.87. The highest BCUT2D eigenvalue weighted by molar-refractivity contribution is 7.09. The summed E-state index contributed by atoms with van der Waals surface area (Å²) in [5.74, 6) is -1.07. The van der Waals surface area contributed by atoms with Gasteiger partial charge in [0.05, 0.1) is 39.6 Å². The van der Waals surface area contributed by atoms with E-state index < -0.39 is 36.0 Å². The van der Waals surface area contributed by atoms with Gasteiger partial charge in [-0.3, -0.25) is 19.8 Å². The molecule has 340 valence electrons. The van der Waals surface area contributed by atoms with Crippen LogP contribution >= 0.6 is 11.3 Å². The minimum Gasteiger partial charge on any atom is -0.508 e. The number of unbranched alkanes of at least 4 members (excludes halogenated alkanes) is 1. The van der Waals surface area contributed by atoms with Gasteiger partial charge < -0.3 is 44.3 Å². The van der Waals surface area contributed by atoms with Crippen molar-refractivity contribution >= 4 is 35.2 Å². The summed E-state index contributed by atoms with van der Waals surface area (Å²) in [5, 5.41) is 18.3. The third kappa shape index (κ3) is 21.1. The number of likely N-dealkylation sites (N-methyl/N-ethyl adjacent to an activating group) is 1. The van der Waals surface area contributed by atoms with Crippen molar-refractivity contribution in [3.8, 4) is 5.75 Å². The number of benzene rings is 1. The van der Waals surface area contributed by atoms with E-state index in [1.165, 1.54) is 11.3 Å². The van der Waals surface area contributed by atoms with E-state index in [1.807, 2.05) is 18.9 Å². The second-order valence-corrected chi connectivity index (χ2v) is 15.9. The van der Waals surface area contributed by atoms with E-state index in [1.54, 1.807) is 36.6 Å². The molecule has 16 nitrogen and oxygen atoms in total. The Labute approximate surface area is 361 Å². The number of hydrogen-bond donors (Lipinski definition) is 5. The molecule has 0 fully saturated rings. The standard InChI is InChI=1S/C43H72N6O10S/c1-8-11-12-39(51)49(18-9-2)37(31(4)5)29-38(58-19-10-3)42-46-36(30-60-42)41(53)45-34(28-33-13-15-35(50)16-14-33)27-32(6)40(52)47-48-43(54)59-26-25-57-24-23-56-22-21-55-20-17-44-7/h13-16,30-32,34,37-38,44,50H,8-12,17-29H2,1-7H3,(H,45,53)(H,47,52)(H,48,54)/t32-,34+,37?,38+/m0/s1. The van der Waals surface area contributed by atoms with E-state index >= 15 is 0 Å². The van der Waals surface area contributed by atoms with Gasteiger partial charge in [0.1, 0.15) is 29.2 Å². The van der Waals surface area contributed by atoms with Crippen LogP contribution < -0.4 is 21.5 Å². The van der Waals surface area contributed by atoms with Gasteiger partial charge in [0.25, 0.3) is 5.91 Å². The molecule has 2 rings (SSSR count). The van der Waals surface area contributed by atoms with Crippen LogP contribution in [0.2, 0.25) is 0 Å². The Bertz CT molecular complexity index is 1500. The number of aromatic nitrogens is 1. The van der Waals surface area contributed by atoms with Gasteiger partial charge in [0.2, 0.25) is 11.8 Å². The van der Waals surface area contributed by atoms with Crippen LogP contribution in [0.4, 0.5) is 4.79 Å². The largest absolute Gasteiger partial charge is 0.508 e. The summed E-state index contributed by atoms with van der Waals surface area (Å²) in [5.41, 5.74) is 5.72. The molecule has 0 aliphatic carbocycles. The average Bonchev–Trinajstić information content (AvgIpc) is 3.73. The van der Waals surface area contributed by atoms with Gasteiger partial charge in [-0.25, -0.2) is 15.2 Å². The fourth-order valence-electron chi connectivity index (χ4n) is 6.29. The summed E-state index contributed by atoms with van der Waals surface area (Å²) in [6.45, 7) is 16.5. The minimum absolute atomic E-state index is 0.0245. The number of hydrogen-bond acceptors (Lipinski definition) is 13. The van der Waals surface area contributed by atoms with Crippen LogP contribution in [0.25, 0.3) is 0 Å². The van der Waals surface area contributed by atoms with Gasteiger partial charge in [-0.1, -0.05) is 60.1 Å². The quantitative estimate of drug-likeness (QED) is 0.0455. The fraction of sp³-hybridized carbons (Fsp3) is 0.698. The predicted octanol–water partition coefficient (Wildman–Crippen LogP) is 5.55. The lowest BCUT2D eigenvalue weighted by molar-refractivity contribution is -0.135. The van der Waals surface area contributed by atoms with Crippen LogP contribution in [0.15, 0.2) is 29.6 Å². The van der Waals surface area contributed by atoms with Crippen LogP contribution in [0.1, 0.15) is 114 Å². The summed E-state index contributed by atoms with van der Waals surface area (Å²) in [6, 6.07) is 6.07. The molecule has 4 atom stereocenters. The van der Waals surface area contributed by atoms with Gasteiger partial charge in [0, 0.05) is 55.9 Å². The number of aromatic hydroxyl groups is 1. The van der Waals surface area contributed by atoms with Crippen LogP contribution in [0.3, 0.4) is 0 Å². The molecule has 4 amide bonds. The molecule has 0 saturated carbocycles. The maximum Gasteiger partial charge on any atom is 0.426 e. The zero-order valence-electron chi connectivity index (χ0n) is 36.9. The smallest absolute Gasteiger partial charge is 0.426 e. The third-order valence-corrected chi connectivity index (χ3v) is 10.5. The van der Waals surface area contributed by atoms with Gasteiger partial charge in [0.15, 0.2) is 0 Å². The minimum atomic E-state index is -0.843. The van der Waals surface area contributed by atoms with Crippen molar-refractivity contribution in [1.29, 1.82) is 0 Å². The maximum absolute atomic E-state index is 13.8. The lowest BCUT2D eigenvalue weighted by atomic mass is 9.95. The topological polar surface area (TPSA) is 199 Å². The normalized spacial score (nSPS) is 13.3. The highest BCUT2D eigenvalue weighted by atomic mass is 32.1. The molecule has 5 N–H and O–H groups in total. The van der Waals surface area contributed by atoms with E-state index in [0.717, 1.165) is 37.8 Å². The molecule has 0 aliphatic rings. The fourth-order valence-corrected chi connectivity index (χ4v) is 7.15. The number of rotatable bonds is 32. The molecule has 1 aromatic heterocycles. The summed E-state index contributed by atoms with van der Waals surface area (Å²) < 4.78 is 27.6. The average molecular weight is 865 g/mol. The first-order valence-electron chi connectivity index (χ1n) is 21.5. The van der Waals surface area contributed by atoms with Crippen molar-refractivity contribution < 1.29 is 48.0 Å². The monoisotopic (exact) mass is 865 g/mol. The number of hydrazine groups is 1. The molecule has 60 heavy (non-hydrogen) atoms. The lowest BCUT2D eigenvalue weighted by Crippen LogP contribution is -2.46. The van der Waals surface area contributed by atoms with Gasteiger partial charge >= 0.3 is 6.09 Å². The van der Waals surface area contributed by atoms with Crippen LogP contribution in [0, 0.1) is 11.8 Å². The number of carbonyl (C=O) groups excluding carboxylic acids is 4. The molecule has 2 aromatic rings. The van der Waals surface area contributed by atoms with Crippen LogP contribution in [0.5, 0.6) is 5.75 Å². The Morgan fingerprint density at radius 1 is 0.833 bits per heavy atom. The molecule has 0 saturated heterocycles. The number of nitrogens with zero attached hydrogens (tertiary/aromatic N) is 2. The van der Waals surface area contributed by atoms with E-state index in [9.17, 15) is 24.3 Å². The van der Waals surface area contributed by atoms with Crippen molar-refractivity contribution in [2.45, 2.75) is 111 Å². The second-order valence-electron chi connectivity index (χ2n) is 15.0. The highest BCUT2D eigenvalue weighted by Crippen LogP contribution is 2.31. The number of thiazole rings is 1. The first kappa shape index (κ1) is 52.3. The number of amides is 4. The van der Waals surface area contributed by atoms with E-state index in [-0.39, 0.29) is 48.9 Å². The summed E-state index contributed by atoms with van der Waals surface area (Å²) in [4.78, 5) is 59.2. The molecule has 1 unspecified atom stereocenters. The number of phenolic OH excluding ortho intramolecular Hbond substituents is 1. The maximum atomic E-state index is 13.8. The van der Waals surface area contributed by atoms with Crippen LogP contribution in [-0.4, -0.2) is 124 Å². The zero-order chi connectivity index (χ0) is 44.1. The van der Waals surface area contributed by atoms with E-state index in [2.05, 4.69) is 49.2 Å². The SMILES string of the molecule is CCCCC(=O)N(CCC)C(C[C@@H](OCCC)c1nc(C(=O)N[C@@H](Cc2ccc(O)cc2)C[C@H](C)C(=O)NNC(=O)OCCOCCOCCOCCNC)cs1)C(C)C. The number of phenols is 1. The third-order valence-electron chi connectivity index (χ3n) is 9.54. The highest BCUT2D eigenvalue weighted by Gasteiger charge is 2.31. The van der Waals surface area contributed by atoms with Crippen molar-refractivity contribution in [3.63, 3.8) is 0 Å². The summed E-state index contributed by atoms with van der Waals surface area (Å²) >= 11 is 1.35. The lowest BCUT2D eigenvalue weighted by Gasteiger charge is -2.36. The summed E-state index contributed by atoms with van der Waals surface area (Å²) in [6.07, 6.45) is 3.85. The molecule has 0 spiro atoms. The Morgan fingerprint density at radius 2 is 1.50 bits per heavy atom. The van der Waals surface area contributed by atoms with Crippen molar-refractivity contribution in [2.75, 3.05) is 73.0 Å². The first-order chi connectivity index (χ1) is 28.9. The van der Waals surface area contributed by atoms with Crippen molar-refractivity contribution in [1.82, 2.24) is 31.4 Å². The number of carbonyl (C=O) groups is 4. The second kappa shape index (κ2) is 31.0. The molecule has 0 radical (unpaired) electrons. The van der Waals surface area contributed by atoms with E-state index in [4.69, 9.17) is 28.7 Å². The van der Waals surface area contributed by atoms with Gasteiger partial charge in [-0.05, 0) is 62.8 Å². The molecular formula is C43H72N6O10S. The van der Waals surface area contributed by atoms with Crippen molar-refractivity contribution in [2.24, 2.45) is 11.8 Å². The molecule has 1 heterocycles.